The number of allylic oxidation sites excluding steroid dienone is 1. The van der Waals surface area contributed by atoms with E-state index in [4.69, 9.17) is 9.47 Å². The first kappa shape index (κ1) is 19.6. The minimum atomic E-state index is -0.756. The largest absolute Gasteiger partial charge is 0.392 e. The predicted molar refractivity (Wildman–Crippen MR) is 105 cm³/mol. The van der Waals surface area contributed by atoms with Crippen molar-refractivity contribution in [3.05, 3.63) is 23.3 Å². The number of aliphatic hydroxyl groups is 2. The van der Waals surface area contributed by atoms with Crippen molar-refractivity contribution in [3.8, 4) is 0 Å². The van der Waals surface area contributed by atoms with Gasteiger partial charge in [0.15, 0.2) is 5.79 Å². The zero-order valence-corrected chi connectivity index (χ0v) is 17.2. The van der Waals surface area contributed by atoms with Crippen LogP contribution in [0.5, 0.6) is 0 Å². The van der Waals surface area contributed by atoms with Crippen LogP contribution in [0.4, 0.5) is 0 Å². The first-order valence-corrected chi connectivity index (χ1v) is 10.7. The van der Waals surface area contributed by atoms with Gasteiger partial charge in [0, 0.05) is 32.5 Å². The van der Waals surface area contributed by atoms with Crippen molar-refractivity contribution in [2.45, 2.75) is 76.1 Å². The highest BCUT2D eigenvalue weighted by molar-refractivity contribution is 5.29. The van der Waals surface area contributed by atoms with Gasteiger partial charge in [0.05, 0.1) is 12.2 Å². The quantitative estimate of drug-likeness (QED) is 0.576. The van der Waals surface area contributed by atoms with Gasteiger partial charge in [-0.3, -0.25) is 0 Å². The molecule has 4 unspecified atom stereocenters. The van der Waals surface area contributed by atoms with Crippen molar-refractivity contribution in [1.29, 1.82) is 0 Å². The lowest BCUT2D eigenvalue weighted by molar-refractivity contribution is -0.213. The molecule has 4 aliphatic carbocycles. The first-order chi connectivity index (χ1) is 12.9. The molecule has 0 saturated heterocycles. The molecule has 4 nitrogen and oxygen atoms in total. The SMILES string of the molecule is COC1(OC)CCC2=C(CCC3C2CC[C@@]2(C)C3CCC2(O)/C=C\CO)C1. The van der Waals surface area contributed by atoms with Gasteiger partial charge >= 0.3 is 0 Å². The van der Waals surface area contributed by atoms with Gasteiger partial charge in [-0.1, -0.05) is 30.2 Å². The Bertz CT molecular complexity index is 634. The molecule has 4 heteroatoms. The van der Waals surface area contributed by atoms with Gasteiger partial charge in [0.25, 0.3) is 0 Å². The van der Waals surface area contributed by atoms with Crippen LogP contribution < -0.4 is 0 Å². The number of aliphatic hydroxyl groups excluding tert-OH is 1. The first-order valence-electron chi connectivity index (χ1n) is 10.7. The molecule has 4 aliphatic rings. The van der Waals surface area contributed by atoms with Crippen molar-refractivity contribution in [2.75, 3.05) is 20.8 Å². The van der Waals surface area contributed by atoms with Crippen molar-refractivity contribution in [1.82, 2.24) is 0 Å². The van der Waals surface area contributed by atoms with Gasteiger partial charge in [-0.25, -0.2) is 0 Å². The molecule has 0 amide bonds. The Kier molecular flexibility index (Phi) is 5.07. The van der Waals surface area contributed by atoms with E-state index in [9.17, 15) is 10.2 Å². The number of ether oxygens (including phenoxy) is 2. The summed E-state index contributed by atoms with van der Waals surface area (Å²) >= 11 is 0. The molecule has 2 saturated carbocycles. The van der Waals surface area contributed by atoms with Gasteiger partial charge < -0.3 is 19.7 Å². The molecule has 0 spiro atoms. The fraction of sp³-hybridized carbons (Fsp3) is 0.826. The van der Waals surface area contributed by atoms with Crippen molar-refractivity contribution >= 4 is 0 Å². The molecule has 0 radical (unpaired) electrons. The maximum Gasteiger partial charge on any atom is 0.171 e. The summed E-state index contributed by atoms with van der Waals surface area (Å²) in [7, 11) is 3.54. The van der Waals surface area contributed by atoms with E-state index in [1.165, 1.54) is 12.8 Å². The highest BCUT2D eigenvalue weighted by Crippen LogP contribution is 2.65. The van der Waals surface area contributed by atoms with Crippen LogP contribution in [0.2, 0.25) is 0 Å². The second kappa shape index (κ2) is 6.98. The summed E-state index contributed by atoms with van der Waals surface area (Å²) in [5, 5.41) is 20.6. The second-order valence-electron chi connectivity index (χ2n) is 9.54. The van der Waals surface area contributed by atoms with E-state index >= 15 is 0 Å². The summed E-state index contributed by atoms with van der Waals surface area (Å²) in [5.74, 6) is 1.53. The smallest absolute Gasteiger partial charge is 0.171 e. The molecule has 5 atom stereocenters. The molecule has 0 aromatic rings. The average Bonchev–Trinajstić information content (AvgIpc) is 2.97. The van der Waals surface area contributed by atoms with Crippen molar-refractivity contribution in [2.24, 2.45) is 23.2 Å². The molecular formula is C23H36O4. The fourth-order valence-electron chi connectivity index (χ4n) is 7.19. The Balaban J connectivity index is 1.59. The Hall–Kier alpha value is -0.680. The molecular weight excluding hydrogens is 340 g/mol. The molecule has 0 aliphatic heterocycles. The predicted octanol–water partition coefficient (Wildman–Crippen LogP) is 3.97. The Morgan fingerprint density at radius 2 is 1.85 bits per heavy atom. The summed E-state index contributed by atoms with van der Waals surface area (Å²) in [6, 6.07) is 0. The summed E-state index contributed by atoms with van der Waals surface area (Å²) in [4.78, 5) is 0. The van der Waals surface area contributed by atoms with Crippen LogP contribution in [-0.4, -0.2) is 42.4 Å². The van der Waals surface area contributed by atoms with Gasteiger partial charge in [-0.2, -0.15) is 0 Å². The third-order valence-electron chi connectivity index (χ3n) is 8.83. The molecule has 0 aromatic heterocycles. The number of methoxy groups -OCH3 is 2. The van der Waals surface area contributed by atoms with Gasteiger partial charge in [-0.05, 0) is 62.7 Å². The summed E-state index contributed by atoms with van der Waals surface area (Å²) in [6.07, 6.45) is 13.2. The fourth-order valence-corrected chi connectivity index (χ4v) is 7.19. The highest BCUT2D eigenvalue weighted by atomic mass is 16.7. The van der Waals surface area contributed by atoms with Gasteiger partial charge in [0.2, 0.25) is 0 Å². The van der Waals surface area contributed by atoms with Gasteiger partial charge in [-0.15, -0.1) is 0 Å². The van der Waals surface area contributed by atoms with Crippen LogP contribution in [-0.2, 0) is 9.47 Å². The number of rotatable bonds is 4. The molecule has 2 N–H and O–H groups in total. The lowest BCUT2D eigenvalue weighted by Gasteiger charge is -2.54. The normalized spacial score (nSPS) is 43.5. The van der Waals surface area contributed by atoms with Crippen molar-refractivity contribution in [3.63, 3.8) is 0 Å². The van der Waals surface area contributed by atoms with Crippen LogP contribution in [0.1, 0.15) is 64.7 Å². The third-order valence-corrected chi connectivity index (χ3v) is 8.83. The van der Waals surface area contributed by atoms with Crippen LogP contribution in [0.15, 0.2) is 23.3 Å². The Morgan fingerprint density at radius 3 is 2.56 bits per heavy atom. The molecule has 0 heterocycles. The summed E-state index contributed by atoms with van der Waals surface area (Å²) in [5.41, 5.74) is 2.46. The second-order valence-corrected chi connectivity index (χ2v) is 9.54. The molecule has 0 bridgehead atoms. The maximum atomic E-state index is 11.4. The highest BCUT2D eigenvalue weighted by Gasteiger charge is 2.61. The van der Waals surface area contributed by atoms with Crippen LogP contribution in [0.3, 0.4) is 0 Å². The summed E-state index contributed by atoms with van der Waals surface area (Å²) < 4.78 is 11.5. The average molecular weight is 377 g/mol. The standard InChI is InChI=1S/C23H36O4/c1-21-11-7-18-17-8-13-23(26-2,27-3)15-16(17)5-6-19(18)20(21)9-12-22(21,25)10-4-14-24/h4,10,18-20,24-25H,5-9,11-15H2,1-3H3/b10-4-/t18?,19?,20?,21-,22?/m0/s1. The van der Waals surface area contributed by atoms with Gasteiger partial charge in [0.1, 0.15) is 0 Å². The lowest BCUT2D eigenvalue weighted by Crippen LogP contribution is -2.51. The van der Waals surface area contributed by atoms with E-state index in [0.29, 0.717) is 17.8 Å². The van der Waals surface area contributed by atoms with E-state index in [-0.39, 0.29) is 12.0 Å². The zero-order valence-electron chi connectivity index (χ0n) is 17.2. The zero-order chi connectivity index (χ0) is 19.3. The molecule has 2 fully saturated rings. The van der Waals surface area contributed by atoms with Crippen LogP contribution in [0.25, 0.3) is 0 Å². The molecule has 27 heavy (non-hydrogen) atoms. The maximum absolute atomic E-state index is 11.4. The number of fused-ring (bicyclic) bond motifs is 4. The van der Waals surface area contributed by atoms with E-state index in [1.54, 1.807) is 31.4 Å². The topological polar surface area (TPSA) is 58.9 Å². The minimum absolute atomic E-state index is 0.00606. The monoisotopic (exact) mass is 376 g/mol. The number of hydrogen-bond acceptors (Lipinski definition) is 4. The minimum Gasteiger partial charge on any atom is -0.392 e. The third kappa shape index (κ3) is 2.87. The van der Waals surface area contributed by atoms with E-state index in [1.807, 2.05) is 6.08 Å². The molecule has 152 valence electrons. The number of hydrogen-bond donors (Lipinski definition) is 2. The van der Waals surface area contributed by atoms with E-state index in [0.717, 1.165) is 44.9 Å². The summed E-state index contributed by atoms with van der Waals surface area (Å²) in [6.45, 7) is 2.31. The Labute approximate surface area is 163 Å². The Morgan fingerprint density at radius 1 is 1.07 bits per heavy atom. The van der Waals surface area contributed by atoms with E-state index in [2.05, 4.69) is 6.92 Å². The van der Waals surface area contributed by atoms with Crippen LogP contribution in [0, 0.1) is 23.2 Å². The molecule has 0 aromatic carbocycles. The molecule has 4 rings (SSSR count). The van der Waals surface area contributed by atoms with Crippen molar-refractivity contribution < 1.29 is 19.7 Å². The van der Waals surface area contributed by atoms with E-state index < -0.39 is 11.4 Å². The lowest BCUT2D eigenvalue weighted by atomic mass is 9.52. The van der Waals surface area contributed by atoms with Crippen LogP contribution >= 0.6 is 0 Å².